The van der Waals surface area contributed by atoms with Gasteiger partial charge >= 0.3 is 0 Å². The van der Waals surface area contributed by atoms with Crippen LogP contribution < -0.4 is 0 Å². The first-order valence-electron chi connectivity index (χ1n) is 11.5. The zero-order valence-corrected chi connectivity index (χ0v) is 17.9. The van der Waals surface area contributed by atoms with Gasteiger partial charge in [-0.3, -0.25) is 9.80 Å². The number of aromatic nitrogens is 4. The maximum atomic E-state index is 5.69. The summed E-state index contributed by atoms with van der Waals surface area (Å²) < 4.78 is 16.3. The van der Waals surface area contributed by atoms with Crippen LogP contribution in [-0.2, 0) is 9.47 Å². The molecule has 2 unspecified atom stereocenters. The fourth-order valence-corrected chi connectivity index (χ4v) is 5.53. The molecule has 2 atom stereocenters. The molecule has 4 aromatic rings. The van der Waals surface area contributed by atoms with Gasteiger partial charge < -0.3 is 18.6 Å². The predicted octanol–water partition coefficient (Wildman–Crippen LogP) is 2.46. The Hall–Kier alpha value is -2.78. The molecule has 2 aromatic carbocycles. The van der Waals surface area contributed by atoms with Crippen LogP contribution in [0.3, 0.4) is 0 Å². The smallest absolute Gasteiger partial charge is 0.150 e. The average molecular weight is 431 g/mol. The molecule has 0 bridgehead atoms. The maximum absolute atomic E-state index is 5.69. The number of ether oxygens (including phenoxy) is 2. The second-order valence-electron chi connectivity index (χ2n) is 8.70. The monoisotopic (exact) mass is 430 g/mol. The summed E-state index contributed by atoms with van der Waals surface area (Å²) >= 11 is 0. The standard InChI is InChI=1S/C24H26N6O2/c1-3-7-19-17(5-1)25-21-23(27-9-13-31-14-10-27)30-20-8-4-2-6-18(20)26-22(30)24(29(19)21)28-11-15-32-16-12-28/h1-8,23-24H,9-16H2. The Labute approximate surface area is 186 Å². The molecule has 164 valence electrons. The molecule has 7 rings (SSSR count). The molecule has 8 heteroatoms. The molecule has 0 N–H and O–H groups in total. The minimum Gasteiger partial charge on any atom is -0.379 e. The Morgan fingerprint density at radius 2 is 1.00 bits per heavy atom. The first kappa shape index (κ1) is 18.8. The van der Waals surface area contributed by atoms with Gasteiger partial charge in [0.15, 0.2) is 0 Å². The van der Waals surface area contributed by atoms with Gasteiger partial charge in [-0.2, -0.15) is 0 Å². The van der Waals surface area contributed by atoms with Crippen LogP contribution in [0.2, 0.25) is 0 Å². The highest BCUT2D eigenvalue weighted by Crippen LogP contribution is 2.42. The Balaban J connectivity index is 1.53. The van der Waals surface area contributed by atoms with Crippen LogP contribution in [0.4, 0.5) is 0 Å². The van der Waals surface area contributed by atoms with Crippen molar-refractivity contribution in [2.75, 3.05) is 52.6 Å². The molecule has 2 saturated heterocycles. The Kier molecular flexibility index (Phi) is 4.33. The third-order valence-corrected chi connectivity index (χ3v) is 6.98. The molecule has 3 aliphatic heterocycles. The number of imidazole rings is 2. The van der Waals surface area contributed by atoms with Crippen molar-refractivity contribution in [2.45, 2.75) is 12.3 Å². The van der Waals surface area contributed by atoms with Crippen molar-refractivity contribution in [2.24, 2.45) is 0 Å². The van der Waals surface area contributed by atoms with E-state index in [4.69, 9.17) is 19.4 Å². The fraction of sp³-hybridized carbons (Fsp3) is 0.417. The van der Waals surface area contributed by atoms with E-state index in [2.05, 4.69) is 67.5 Å². The SMILES string of the molecule is c1ccc2c(c1)nc1n2C(N2CCOCC2)c2nc3ccccc3n2C1N1CCOCC1. The van der Waals surface area contributed by atoms with Crippen molar-refractivity contribution in [1.82, 2.24) is 28.9 Å². The van der Waals surface area contributed by atoms with Gasteiger partial charge in [0.2, 0.25) is 0 Å². The van der Waals surface area contributed by atoms with Crippen LogP contribution in [0.15, 0.2) is 48.5 Å². The van der Waals surface area contributed by atoms with Gasteiger partial charge in [-0.05, 0) is 24.3 Å². The quantitative estimate of drug-likeness (QED) is 0.487. The summed E-state index contributed by atoms with van der Waals surface area (Å²) in [7, 11) is 0. The van der Waals surface area contributed by atoms with Gasteiger partial charge in [0, 0.05) is 26.2 Å². The number of rotatable bonds is 2. The molecule has 0 spiro atoms. The van der Waals surface area contributed by atoms with Crippen LogP contribution in [0, 0.1) is 0 Å². The van der Waals surface area contributed by atoms with Crippen molar-refractivity contribution in [3.63, 3.8) is 0 Å². The molecule has 8 nitrogen and oxygen atoms in total. The van der Waals surface area contributed by atoms with Crippen molar-refractivity contribution < 1.29 is 9.47 Å². The van der Waals surface area contributed by atoms with Crippen LogP contribution in [0.5, 0.6) is 0 Å². The number of hydrogen-bond donors (Lipinski definition) is 0. The molecule has 0 aliphatic carbocycles. The molecule has 2 aromatic heterocycles. The van der Waals surface area contributed by atoms with E-state index in [1.54, 1.807) is 0 Å². The number of hydrogen-bond acceptors (Lipinski definition) is 6. The van der Waals surface area contributed by atoms with E-state index in [0.29, 0.717) is 0 Å². The third kappa shape index (κ3) is 2.70. The summed E-state index contributed by atoms with van der Waals surface area (Å²) in [6.07, 6.45) is -0.0167. The molecule has 3 aliphatic rings. The largest absolute Gasteiger partial charge is 0.379 e. The Morgan fingerprint density at radius 1 is 0.594 bits per heavy atom. The van der Waals surface area contributed by atoms with Crippen LogP contribution in [0.1, 0.15) is 24.0 Å². The summed E-state index contributed by atoms with van der Waals surface area (Å²) in [5.41, 5.74) is 4.40. The highest BCUT2D eigenvalue weighted by molar-refractivity contribution is 5.79. The molecule has 5 heterocycles. The lowest BCUT2D eigenvalue weighted by atomic mass is 10.2. The molecular weight excluding hydrogens is 404 g/mol. The first-order valence-corrected chi connectivity index (χ1v) is 11.5. The minimum atomic E-state index is -0.00834. The van der Waals surface area contributed by atoms with Crippen LogP contribution >= 0.6 is 0 Å². The van der Waals surface area contributed by atoms with E-state index in [1.165, 1.54) is 0 Å². The second-order valence-corrected chi connectivity index (χ2v) is 8.70. The molecule has 0 amide bonds. The lowest BCUT2D eigenvalue weighted by Gasteiger charge is -2.43. The maximum Gasteiger partial charge on any atom is 0.150 e. The normalized spacial score (nSPS) is 24.6. The molecule has 0 radical (unpaired) electrons. The van der Waals surface area contributed by atoms with E-state index in [9.17, 15) is 0 Å². The Morgan fingerprint density at radius 3 is 1.44 bits per heavy atom. The van der Waals surface area contributed by atoms with Crippen LogP contribution in [-0.4, -0.2) is 81.5 Å². The van der Waals surface area contributed by atoms with E-state index < -0.39 is 0 Å². The first-order chi connectivity index (χ1) is 15.9. The molecule has 32 heavy (non-hydrogen) atoms. The third-order valence-electron chi connectivity index (χ3n) is 6.98. The highest BCUT2D eigenvalue weighted by Gasteiger charge is 2.42. The Bertz CT molecular complexity index is 1180. The molecule has 0 saturated carbocycles. The minimum absolute atomic E-state index is 0.00834. The van der Waals surface area contributed by atoms with Gasteiger partial charge in [0.05, 0.1) is 48.5 Å². The summed E-state index contributed by atoms with van der Waals surface area (Å²) in [5.74, 6) is 2.17. The number of para-hydroxylation sites is 4. The zero-order valence-electron chi connectivity index (χ0n) is 17.9. The predicted molar refractivity (Wildman–Crippen MR) is 121 cm³/mol. The fourth-order valence-electron chi connectivity index (χ4n) is 5.53. The number of fused-ring (bicyclic) bond motifs is 6. The summed E-state index contributed by atoms with van der Waals surface area (Å²) in [4.78, 5) is 15.4. The highest BCUT2D eigenvalue weighted by atomic mass is 16.5. The van der Waals surface area contributed by atoms with Crippen molar-refractivity contribution in [3.05, 3.63) is 60.2 Å². The van der Waals surface area contributed by atoms with Crippen molar-refractivity contribution in [3.8, 4) is 0 Å². The van der Waals surface area contributed by atoms with Crippen molar-refractivity contribution >= 4 is 22.1 Å². The number of morpholine rings is 2. The molecular formula is C24H26N6O2. The summed E-state index contributed by atoms with van der Waals surface area (Å²) in [6.45, 7) is 6.47. The van der Waals surface area contributed by atoms with E-state index in [1.807, 2.05) is 0 Å². The average Bonchev–Trinajstić information content (AvgIpc) is 3.42. The lowest BCUT2D eigenvalue weighted by molar-refractivity contribution is -0.0157. The van der Waals surface area contributed by atoms with E-state index >= 15 is 0 Å². The van der Waals surface area contributed by atoms with E-state index in [-0.39, 0.29) is 12.3 Å². The van der Waals surface area contributed by atoms with Crippen LogP contribution in [0.25, 0.3) is 22.1 Å². The van der Waals surface area contributed by atoms with Gasteiger partial charge in [-0.1, -0.05) is 24.3 Å². The number of nitrogens with zero attached hydrogens (tertiary/aromatic N) is 6. The van der Waals surface area contributed by atoms with Gasteiger partial charge in [0.1, 0.15) is 24.0 Å². The topological polar surface area (TPSA) is 60.6 Å². The summed E-state index contributed by atoms with van der Waals surface area (Å²) in [6, 6.07) is 17.0. The van der Waals surface area contributed by atoms with Gasteiger partial charge in [0.25, 0.3) is 0 Å². The lowest BCUT2D eigenvalue weighted by Crippen LogP contribution is -2.50. The van der Waals surface area contributed by atoms with Gasteiger partial charge in [-0.25, -0.2) is 9.97 Å². The zero-order chi connectivity index (χ0) is 21.1. The van der Waals surface area contributed by atoms with Crippen molar-refractivity contribution in [1.29, 1.82) is 0 Å². The molecule has 2 fully saturated rings. The van der Waals surface area contributed by atoms with Gasteiger partial charge in [-0.15, -0.1) is 0 Å². The number of benzene rings is 2. The summed E-state index contributed by atoms with van der Waals surface area (Å²) in [5, 5.41) is 0. The second kappa shape index (κ2) is 7.38. The van der Waals surface area contributed by atoms with E-state index in [0.717, 1.165) is 86.3 Å².